The fourth-order valence-corrected chi connectivity index (χ4v) is 5.43. The van der Waals surface area contributed by atoms with Crippen molar-refractivity contribution in [2.75, 3.05) is 16.2 Å². The lowest BCUT2D eigenvalue weighted by molar-refractivity contribution is -0.119. The van der Waals surface area contributed by atoms with E-state index in [0.29, 0.717) is 33.2 Å². The van der Waals surface area contributed by atoms with Crippen molar-refractivity contribution in [2.24, 2.45) is 5.10 Å². The monoisotopic (exact) mass is 588 g/mol. The van der Waals surface area contributed by atoms with Crippen molar-refractivity contribution in [3.05, 3.63) is 124 Å². The molecule has 2 amide bonds. The van der Waals surface area contributed by atoms with Crippen LogP contribution in [0.25, 0.3) is 0 Å². The predicted molar refractivity (Wildman–Crippen MR) is 163 cm³/mol. The van der Waals surface area contributed by atoms with Crippen LogP contribution < -0.4 is 15.0 Å². The second-order valence-electron chi connectivity index (χ2n) is 9.36. The average molecular weight is 589 g/mol. The van der Waals surface area contributed by atoms with E-state index in [0.717, 1.165) is 15.4 Å². The van der Waals surface area contributed by atoms with Gasteiger partial charge in [0.15, 0.2) is 0 Å². The third kappa shape index (κ3) is 7.39. The molecule has 4 rings (SSSR count). The molecule has 0 saturated heterocycles. The molecule has 0 saturated carbocycles. The van der Waals surface area contributed by atoms with Gasteiger partial charge in [0.1, 0.15) is 6.54 Å². The van der Waals surface area contributed by atoms with Crippen LogP contribution >= 0.6 is 11.6 Å². The van der Waals surface area contributed by atoms with Crippen molar-refractivity contribution < 1.29 is 18.0 Å². The van der Waals surface area contributed by atoms with Crippen LogP contribution in [-0.4, -0.2) is 32.5 Å². The van der Waals surface area contributed by atoms with E-state index in [1.165, 1.54) is 24.3 Å². The average Bonchev–Trinajstić information content (AvgIpc) is 2.97. The first-order valence-corrected chi connectivity index (χ1v) is 14.5. The van der Waals surface area contributed by atoms with Gasteiger partial charge in [-0.1, -0.05) is 48.0 Å². The molecule has 4 aromatic rings. The summed E-state index contributed by atoms with van der Waals surface area (Å²) in [6.07, 6.45) is 0. The summed E-state index contributed by atoms with van der Waals surface area (Å²) in [4.78, 5) is 25.3. The number of hydrogen-bond acceptors (Lipinski definition) is 5. The number of sulfonamides is 1. The van der Waals surface area contributed by atoms with Crippen molar-refractivity contribution >= 4 is 50.5 Å². The first-order chi connectivity index (χ1) is 19.5. The van der Waals surface area contributed by atoms with E-state index >= 15 is 0 Å². The summed E-state index contributed by atoms with van der Waals surface area (Å²) in [7, 11) is -4.09. The number of benzene rings is 4. The van der Waals surface area contributed by atoms with E-state index in [1.807, 2.05) is 19.9 Å². The predicted octanol–water partition coefficient (Wildman–Crippen LogP) is 5.94. The molecule has 41 heavy (non-hydrogen) atoms. The van der Waals surface area contributed by atoms with E-state index in [4.69, 9.17) is 11.6 Å². The maximum atomic E-state index is 13.6. The number of carbonyl (C=O) groups excluding carboxylic acids is 2. The fraction of sp³-hybridized carbons (Fsp3) is 0.129. The van der Waals surface area contributed by atoms with Gasteiger partial charge in [-0.25, -0.2) is 13.8 Å². The molecule has 4 aromatic carbocycles. The minimum Gasteiger partial charge on any atom is -0.322 e. The van der Waals surface area contributed by atoms with Gasteiger partial charge in [0.05, 0.1) is 16.3 Å². The molecule has 0 fully saturated rings. The van der Waals surface area contributed by atoms with Crippen molar-refractivity contribution in [1.82, 2.24) is 5.43 Å². The Morgan fingerprint density at radius 2 is 1.49 bits per heavy atom. The topological polar surface area (TPSA) is 108 Å². The zero-order chi connectivity index (χ0) is 29.6. The zero-order valence-corrected chi connectivity index (χ0v) is 24.3. The fourth-order valence-electron chi connectivity index (χ4n) is 3.89. The Labute approximate surface area is 244 Å². The van der Waals surface area contributed by atoms with Crippen LogP contribution in [0.4, 0.5) is 11.4 Å². The van der Waals surface area contributed by atoms with Crippen LogP contribution in [0, 0.1) is 13.8 Å². The third-order valence-electron chi connectivity index (χ3n) is 6.41. The van der Waals surface area contributed by atoms with Crippen LogP contribution in [-0.2, 0) is 14.8 Å². The molecule has 0 atom stereocenters. The van der Waals surface area contributed by atoms with Crippen molar-refractivity contribution in [3.8, 4) is 0 Å². The van der Waals surface area contributed by atoms with Crippen LogP contribution in [0.15, 0.2) is 107 Å². The molecule has 0 radical (unpaired) electrons. The Kier molecular flexibility index (Phi) is 9.21. The molecule has 0 aromatic heterocycles. The van der Waals surface area contributed by atoms with Crippen LogP contribution in [0.5, 0.6) is 0 Å². The minimum atomic E-state index is -4.09. The van der Waals surface area contributed by atoms with Gasteiger partial charge >= 0.3 is 0 Å². The molecule has 2 N–H and O–H groups in total. The summed E-state index contributed by atoms with van der Waals surface area (Å²) in [5.74, 6) is -0.843. The summed E-state index contributed by atoms with van der Waals surface area (Å²) < 4.78 is 28.2. The molecule has 0 heterocycles. The number of hydrogen-bond donors (Lipinski definition) is 2. The van der Waals surface area contributed by atoms with Gasteiger partial charge in [0.25, 0.3) is 21.8 Å². The third-order valence-corrected chi connectivity index (χ3v) is 8.45. The Morgan fingerprint density at radius 3 is 2.12 bits per heavy atom. The van der Waals surface area contributed by atoms with E-state index in [1.54, 1.807) is 73.7 Å². The summed E-state index contributed by atoms with van der Waals surface area (Å²) in [5.41, 5.74) is 7.06. The molecule has 0 bridgehead atoms. The molecule has 8 nitrogen and oxygen atoms in total. The lowest BCUT2D eigenvalue weighted by Crippen LogP contribution is -2.39. The van der Waals surface area contributed by atoms with Gasteiger partial charge in [-0.2, -0.15) is 5.10 Å². The molecule has 0 spiro atoms. The number of aryl methyl sites for hydroxylation is 2. The molecule has 10 heteroatoms. The maximum Gasteiger partial charge on any atom is 0.264 e. The number of carbonyl (C=O) groups is 2. The Morgan fingerprint density at radius 1 is 0.829 bits per heavy atom. The van der Waals surface area contributed by atoms with Gasteiger partial charge in [0, 0.05) is 16.3 Å². The quantitative estimate of drug-likeness (QED) is 0.186. The molecule has 0 unspecified atom stereocenters. The summed E-state index contributed by atoms with van der Waals surface area (Å²) in [5, 5.41) is 7.40. The first-order valence-electron chi connectivity index (χ1n) is 12.7. The minimum absolute atomic E-state index is 0.00653. The Hall–Kier alpha value is -4.47. The highest BCUT2D eigenvalue weighted by molar-refractivity contribution is 7.92. The lowest BCUT2D eigenvalue weighted by Gasteiger charge is -2.24. The standard InChI is InChI=1S/C31H29ClN4O4S/c1-21-9-16-28(19-22(21)2)36(41(39,40)29-17-12-26(32)13-18-29)20-30(37)35-34-23(3)24-10-14-27(15-11-24)33-31(38)25-7-5-4-6-8-25/h4-19H,20H2,1-3H3,(H,33,38)(H,35,37)/b34-23-. The van der Waals surface area contributed by atoms with Gasteiger partial charge in [-0.15, -0.1) is 0 Å². The number of nitrogens with zero attached hydrogens (tertiary/aromatic N) is 2. The molecule has 0 aliphatic rings. The number of nitrogens with one attached hydrogen (secondary N) is 2. The van der Waals surface area contributed by atoms with Crippen molar-refractivity contribution in [2.45, 2.75) is 25.7 Å². The number of hydrazone groups is 1. The summed E-state index contributed by atoms with van der Waals surface area (Å²) in [6, 6.07) is 26.8. The van der Waals surface area contributed by atoms with E-state index in [-0.39, 0.29) is 10.8 Å². The molecular formula is C31H29ClN4O4S. The normalized spacial score (nSPS) is 11.6. The maximum absolute atomic E-state index is 13.6. The zero-order valence-electron chi connectivity index (χ0n) is 22.8. The van der Waals surface area contributed by atoms with Crippen LogP contribution in [0.2, 0.25) is 5.02 Å². The smallest absolute Gasteiger partial charge is 0.264 e. The number of rotatable bonds is 9. The van der Waals surface area contributed by atoms with Crippen LogP contribution in [0.3, 0.4) is 0 Å². The first kappa shape index (κ1) is 29.5. The lowest BCUT2D eigenvalue weighted by atomic mass is 10.1. The molecule has 0 aliphatic carbocycles. The van der Waals surface area contributed by atoms with Crippen LogP contribution in [0.1, 0.15) is 34.0 Å². The van der Waals surface area contributed by atoms with Gasteiger partial charge in [0.2, 0.25) is 0 Å². The molecule has 0 aliphatic heterocycles. The van der Waals surface area contributed by atoms with E-state index in [2.05, 4.69) is 15.8 Å². The highest BCUT2D eigenvalue weighted by Gasteiger charge is 2.27. The Bertz CT molecular complexity index is 1690. The van der Waals surface area contributed by atoms with E-state index in [9.17, 15) is 18.0 Å². The second kappa shape index (κ2) is 12.8. The highest BCUT2D eigenvalue weighted by atomic mass is 35.5. The Balaban J connectivity index is 1.48. The number of halogens is 1. The van der Waals surface area contributed by atoms with E-state index < -0.39 is 22.5 Å². The molecule has 210 valence electrons. The number of amides is 2. The molecular weight excluding hydrogens is 560 g/mol. The van der Waals surface area contributed by atoms with Gasteiger partial charge in [-0.3, -0.25) is 13.9 Å². The second-order valence-corrected chi connectivity index (χ2v) is 11.7. The highest BCUT2D eigenvalue weighted by Crippen LogP contribution is 2.26. The summed E-state index contributed by atoms with van der Waals surface area (Å²) in [6.45, 7) is 5.02. The number of anilines is 2. The summed E-state index contributed by atoms with van der Waals surface area (Å²) >= 11 is 5.95. The van der Waals surface area contributed by atoms with Gasteiger partial charge < -0.3 is 5.32 Å². The SMILES string of the molecule is C/C(=N/NC(=O)CN(c1ccc(C)c(C)c1)S(=O)(=O)c1ccc(Cl)cc1)c1ccc(NC(=O)c2ccccc2)cc1. The van der Waals surface area contributed by atoms with Gasteiger partial charge in [-0.05, 0) is 98.1 Å². The van der Waals surface area contributed by atoms with Crippen molar-refractivity contribution in [1.29, 1.82) is 0 Å². The largest absolute Gasteiger partial charge is 0.322 e. The van der Waals surface area contributed by atoms with Crippen molar-refractivity contribution in [3.63, 3.8) is 0 Å².